The molecule has 0 aromatic carbocycles. The first kappa shape index (κ1) is 8.37. The highest BCUT2D eigenvalue weighted by Crippen LogP contribution is 2.29. The number of nitrogens with zero attached hydrogens (tertiary/aromatic N) is 3. The van der Waals surface area contributed by atoms with E-state index in [1.165, 1.54) is 4.88 Å². The van der Waals surface area contributed by atoms with E-state index in [2.05, 4.69) is 40.5 Å². The van der Waals surface area contributed by atoms with Gasteiger partial charge in [0.1, 0.15) is 0 Å². The SMILES string of the molecule is CC(C)c1ccc(-c2nnn[nH]2)s1. The number of H-pyrrole nitrogens is 1. The van der Waals surface area contributed by atoms with E-state index in [-0.39, 0.29) is 0 Å². The van der Waals surface area contributed by atoms with E-state index in [0.717, 1.165) is 10.7 Å². The quantitative estimate of drug-likeness (QED) is 0.796. The van der Waals surface area contributed by atoms with Gasteiger partial charge in [0.2, 0.25) is 0 Å². The molecule has 2 aromatic heterocycles. The fourth-order valence-corrected chi connectivity index (χ4v) is 2.00. The maximum absolute atomic E-state index is 3.85. The summed E-state index contributed by atoms with van der Waals surface area (Å²) in [6.07, 6.45) is 0. The van der Waals surface area contributed by atoms with E-state index in [1.807, 2.05) is 6.07 Å². The lowest BCUT2D eigenvalue weighted by Crippen LogP contribution is -1.77. The molecular formula is C8H10N4S. The van der Waals surface area contributed by atoms with Crippen LogP contribution in [0.3, 0.4) is 0 Å². The minimum Gasteiger partial charge on any atom is -0.238 e. The minimum absolute atomic E-state index is 0.564. The zero-order valence-electron chi connectivity index (χ0n) is 7.48. The third-order valence-electron chi connectivity index (χ3n) is 1.77. The van der Waals surface area contributed by atoms with Gasteiger partial charge >= 0.3 is 0 Å². The number of aromatic nitrogens is 4. The Labute approximate surface area is 80.0 Å². The van der Waals surface area contributed by atoms with Gasteiger partial charge in [0, 0.05) is 4.88 Å². The van der Waals surface area contributed by atoms with E-state index in [0.29, 0.717) is 5.92 Å². The van der Waals surface area contributed by atoms with Gasteiger partial charge in [0.15, 0.2) is 5.82 Å². The first-order valence-electron chi connectivity index (χ1n) is 4.11. The summed E-state index contributed by atoms with van der Waals surface area (Å²) in [5.41, 5.74) is 0. The van der Waals surface area contributed by atoms with Crippen LogP contribution in [-0.2, 0) is 0 Å². The van der Waals surface area contributed by atoms with Crippen LogP contribution in [-0.4, -0.2) is 20.6 Å². The summed E-state index contributed by atoms with van der Waals surface area (Å²) in [5.74, 6) is 1.31. The molecular weight excluding hydrogens is 184 g/mol. The van der Waals surface area contributed by atoms with Crippen molar-refractivity contribution in [3.05, 3.63) is 17.0 Å². The zero-order valence-corrected chi connectivity index (χ0v) is 8.30. The molecule has 0 amide bonds. The molecule has 1 N–H and O–H groups in total. The summed E-state index contributed by atoms with van der Waals surface area (Å²) >= 11 is 1.72. The summed E-state index contributed by atoms with van der Waals surface area (Å²) in [7, 11) is 0. The highest BCUT2D eigenvalue weighted by molar-refractivity contribution is 7.15. The molecule has 2 aromatic rings. The molecule has 5 heteroatoms. The van der Waals surface area contributed by atoms with Crippen LogP contribution < -0.4 is 0 Å². The second-order valence-electron chi connectivity index (χ2n) is 3.11. The van der Waals surface area contributed by atoms with Crippen molar-refractivity contribution < 1.29 is 0 Å². The fourth-order valence-electron chi connectivity index (χ4n) is 1.05. The Hall–Kier alpha value is -1.23. The third-order valence-corrected chi connectivity index (χ3v) is 3.17. The summed E-state index contributed by atoms with van der Waals surface area (Å²) in [6.45, 7) is 4.35. The normalized spacial score (nSPS) is 11.0. The summed E-state index contributed by atoms with van der Waals surface area (Å²) in [4.78, 5) is 2.44. The van der Waals surface area contributed by atoms with Gasteiger partial charge in [-0.25, -0.2) is 5.10 Å². The van der Waals surface area contributed by atoms with Crippen LogP contribution >= 0.6 is 11.3 Å². The standard InChI is InChI=1S/C8H10N4S/c1-5(2)6-3-4-7(13-6)8-9-11-12-10-8/h3-5H,1-2H3,(H,9,10,11,12). The van der Waals surface area contributed by atoms with Crippen LogP contribution in [0.15, 0.2) is 12.1 Å². The van der Waals surface area contributed by atoms with Crippen molar-refractivity contribution in [3.63, 3.8) is 0 Å². The van der Waals surface area contributed by atoms with Gasteiger partial charge in [-0.05, 0) is 28.5 Å². The average Bonchev–Trinajstić information content (AvgIpc) is 2.75. The maximum atomic E-state index is 3.85. The predicted octanol–water partition coefficient (Wildman–Crippen LogP) is 2.05. The van der Waals surface area contributed by atoms with Gasteiger partial charge in [0.25, 0.3) is 0 Å². The van der Waals surface area contributed by atoms with Crippen LogP contribution in [0.25, 0.3) is 10.7 Å². The molecule has 0 saturated carbocycles. The molecule has 0 aliphatic rings. The van der Waals surface area contributed by atoms with Crippen molar-refractivity contribution in [2.75, 3.05) is 0 Å². The van der Waals surface area contributed by atoms with Gasteiger partial charge in [-0.3, -0.25) is 0 Å². The molecule has 2 heterocycles. The number of rotatable bonds is 2. The summed E-state index contributed by atoms with van der Waals surface area (Å²) in [5, 5.41) is 13.7. The number of aromatic amines is 1. The minimum atomic E-state index is 0.564. The number of hydrogen-bond donors (Lipinski definition) is 1. The number of tetrazole rings is 1. The van der Waals surface area contributed by atoms with Crippen molar-refractivity contribution in [2.24, 2.45) is 0 Å². The second-order valence-corrected chi connectivity index (χ2v) is 4.22. The Kier molecular flexibility index (Phi) is 2.10. The molecule has 13 heavy (non-hydrogen) atoms. The van der Waals surface area contributed by atoms with Gasteiger partial charge < -0.3 is 0 Å². The molecule has 2 rings (SSSR count). The highest BCUT2D eigenvalue weighted by Gasteiger charge is 2.07. The lowest BCUT2D eigenvalue weighted by Gasteiger charge is -1.96. The van der Waals surface area contributed by atoms with Crippen molar-refractivity contribution in [3.8, 4) is 10.7 Å². The van der Waals surface area contributed by atoms with Crippen molar-refractivity contribution in [1.82, 2.24) is 20.6 Å². The van der Waals surface area contributed by atoms with Crippen molar-refractivity contribution in [2.45, 2.75) is 19.8 Å². The van der Waals surface area contributed by atoms with E-state index < -0.39 is 0 Å². The molecule has 0 bridgehead atoms. The molecule has 0 atom stereocenters. The number of hydrogen-bond acceptors (Lipinski definition) is 4. The van der Waals surface area contributed by atoms with E-state index in [9.17, 15) is 0 Å². The van der Waals surface area contributed by atoms with Crippen LogP contribution in [0.2, 0.25) is 0 Å². The smallest absolute Gasteiger partial charge is 0.189 e. The van der Waals surface area contributed by atoms with Gasteiger partial charge in [-0.1, -0.05) is 13.8 Å². The monoisotopic (exact) mass is 194 g/mol. The topological polar surface area (TPSA) is 54.5 Å². The molecule has 4 nitrogen and oxygen atoms in total. The molecule has 68 valence electrons. The van der Waals surface area contributed by atoms with Gasteiger partial charge in [0.05, 0.1) is 4.88 Å². The molecule has 0 aliphatic heterocycles. The summed E-state index contributed by atoms with van der Waals surface area (Å²) < 4.78 is 0. The van der Waals surface area contributed by atoms with Crippen molar-refractivity contribution >= 4 is 11.3 Å². The highest BCUT2D eigenvalue weighted by atomic mass is 32.1. The predicted molar refractivity (Wildman–Crippen MR) is 51.6 cm³/mol. The molecule has 0 saturated heterocycles. The first-order chi connectivity index (χ1) is 6.27. The van der Waals surface area contributed by atoms with Crippen LogP contribution in [0.1, 0.15) is 24.6 Å². The Bertz CT molecular complexity index is 377. The van der Waals surface area contributed by atoms with Crippen molar-refractivity contribution in [1.29, 1.82) is 0 Å². The van der Waals surface area contributed by atoms with Crippen LogP contribution in [0.5, 0.6) is 0 Å². The van der Waals surface area contributed by atoms with E-state index in [1.54, 1.807) is 11.3 Å². The first-order valence-corrected chi connectivity index (χ1v) is 4.93. The molecule has 0 aliphatic carbocycles. The summed E-state index contributed by atoms with van der Waals surface area (Å²) in [6, 6.07) is 4.16. The Morgan fingerprint density at radius 1 is 1.38 bits per heavy atom. The molecule has 0 spiro atoms. The van der Waals surface area contributed by atoms with Crippen LogP contribution in [0, 0.1) is 0 Å². The molecule has 0 fully saturated rings. The molecule has 0 radical (unpaired) electrons. The zero-order chi connectivity index (χ0) is 9.26. The van der Waals surface area contributed by atoms with Gasteiger partial charge in [-0.15, -0.1) is 16.4 Å². The average molecular weight is 194 g/mol. The Morgan fingerprint density at radius 3 is 2.77 bits per heavy atom. The van der Waals surface area contributed by atoms with Gasteiger partial charge in [-0.2, -0.15) is 0 Å². The lowest BCUT2D eigenvalue weighted by molar-refractivity contribution is 0.881. The van der Waals surface area contributed by atoms with E-state index in [4.69, 9.17) is 0 Å². The second kappa shape index (κ2) is 3.26. The molecule has 0 unspecified atom stereocenters. The largest absolute Gasteiger partial charge is 0.238 e. The fraction of sp³-hybridized carbons (Fsp3) is 0.375. The lowest BCUT2D eigenvalue weighted by atomic mass is 10.2. The van der Waals surface area contributed by atoms with E-state index >= 15 is 0 Å². The Balaban J connectivity index is 2.33. The third kappa shape index (κ3) is 1.60. The maximum Gasteiger partial charge on any atom is 0.189 e. The Morgan fingerprint density at radius 2 is 2.23 bits per heavy atom. The van der Waals surface area contributed by atoms with Crippen LogP contribution in [0.4, 0.5) is 0 Å². The number of thiophene rings is 1. The number of nitrogens with one attached hydrogen (secondary N) is 1.